The van der Waals surface area contributed by atoms with Crippen LogP contribution in [0.15, 0.2) is 15.9 Å². The quantitative estimate of drug-likeness (QED) is 0.655. The van der Waals surface area contributed by atoms with Gasteiger partial charge in [-0.05, 0) is 40.8 Å². The van der Waals surface area contributed by atoms with Gasteiger partial charge in [-0.2, -0.15) is 0 Å². The van der Waals surface area contributed by atoms with Gasteiger partial charge in [0.2, 0.25) is 0 Å². The van der Waals surface area contributed by atoms with E-state index < -0.39 is 0 Å². The number of halogens is 1. The highest BCUT2D eigenvalue weighted by Gasteiger charge is 2.24. The first-order valence-corrected chi connectivity index (χ1v) is 4.61. The third-order valence-corrected chi connectivity index (χ3v) is 3.25. The summed E-state index contributed by atoms with van der Waals surface area (Å²) < 4.78 is 1.22. The molecule has 1 heterocycles. The molecule has 1 aromatic heterocycles. The first-order valence-electron chi connectivity index (χ1n) is 2.93. The van der Waals surface area contributed by atoms with Crippen LogP contribution in [-0.2, 0) is 0 Å². The zero-order chi connectivity index (χ0) is 6.27. The summed E-state index contributed by atoms with van der Waals surface area (Å²) in [5.41, 5.74) is 0. The van der Waals surface area contributed by atoms with Crippen molar-refractivity contribution in [3.05, 3.63) is 27.2 Å². The molecule has 2 heteroatoms. The Labute approximate surface area is 67.0 Å². The van der Waals surface area contributed by atoms with E-state index >= 15 is 0 Å². The first-order chi connectivity index (χ1) is 4.36. The lowest BCUT2D eigenvalue weighted by Crippen LogP contribution is -1.63. The van der Waals surface area contributed by atoms with Crippen molar-refractivity contribution >= 4 is 27.3 Å². The Balaban J connectivity index is 2.28. The Morgan fingerprint density at radius 1 is 1.67 bits per heavy atom. The van der Waals surface area contributed by atoms with Crippen LogP contribution in [0, 0.1) is 6.42 Å². The van der Waals surface area contributed by atoms with E-state index in [4.69, 9.17) is 0 Å². The van der Waals surface area contributed by atoms with Crippen LogP contribution in [0.25, 0.3) is 0 Å². The highest BCUT2D eigenvalue weighted by Crippen LogP contribution is 2.42. The molecule has 9 heavy (non-hydrogen) atoms. The molecule has 1 fully saturated rings. The Morgan fingerprint density at radius 3 is 2.89 bits per heavy atom. The van der Waals surface area contributed by atoms with Crippen LogP contribution >= 0.6 is 27.3 Å². The maximum Gasteiger partial charge on any atom is 0.0285 e. The molecule has 0 nitrogen and oxygen atoms in total. The third kappa shape index (κ3) is 1.19. The molecular weight excluding hydrogens is 196 g/mol. The normalized spacial score (nSPS) is 18.3. The van der Waals surface area contributed by atoms with Crippen LogP contribution in [0.5, 0.6) is 0 Å². The fourth-order valence-electron chi connectivity index (χ4n) is 0.823. The van der Waals surface area contributed by atoms with Crippen LogP contribution in [0.3, 0.4) is 0 Å². The number of rotatable bonds is 1. The second kappa shape index (κ2) is 2.10. The molecule has 1 aromatic rings. The zero-order valence-corrected chi connectivity index (χ0v) is 7.21. The molecule has 0 N–H and O–H groups in total. The van der Waals surface area contributed by atoms with Gasteiger partial charge in [0.05, 0.1) is 0 Å². The van der Waals surface area contributed by atoms with Gasteiger partial charge in [-0.15, -0.1) is 11.3 Å². The van der Waals surface area contributed by atoms with Crippen molar-refractivity contribution in [3.8, 4) is 0 Å². The topological polar surface area (TPSA) is 0 Å². The molecule has 1 atom stereocenters. The minimum atomic E-state index is 0.793. The van der Waals surface area contributed by atoms with Gasteiger partial charge >= 0.3 is 0 Å². The Hall–Kier alpha value is 0.180. The predicted molar refractivity (Wildman–Crippen MR) is 43.7 cm³/mol. The molecule has 0 saturated heterocycles. The van der Waals surface area contributed by atoms with E-state index in [0.717, 1.165) is 5.92 Å². The third-order valence-electron chi connectivity index (χ3n) is 1.42. The number of hydrogen-bond acceptors (Lipinski definition) is 1. The predicted octanol–water partition coefficient (Wildman–Crippen LogP) is 3.20. The summed E-state index contributed by atoms with van der Waals surface area (Å²) in [7, 11) is 0. The van der Waals surface area contributed by atoms with Crippen molar-refractivity contribution in [2.24, 2.45) is 0 Å². The minimum Gasteiger partial charge on any atom is -0.147 e. The van der Waals surface area contributed by atoms with Gasteiger partial charge in [0.15, 0.2) is 0 Å². The van der Waals surface area contributed by atoms with Gasteiger partial charge in [0, 0.05) is 14.7 Å². The lowest BCUT2D eigenvalue weighted by atomic mass is 10.3. The Kier molecular flexibility index (Phi) is 1.38. The average Bonchev–Trinajstić information content (AvgIpc) is 2.58. The monoisotopic (exact) mass is 201 g/mol. The van der Waals surface area contributed by atoms with Crippen LogP contribution in [0.4, 0.5) is 0 Å². The standard InChI is InChI=1S/C7H6BrS/c8-6-3-7(9-4-6)5-1-2-5/h1,3-5H,2H2. The SMILES string of the molecule is Brc1csc(C2[CH]C2)c1. The average molecular weight is 202 g/mol. The van der Waals surface area contributed by atoms with Crippen molar-refractivity contribution < 1.29 is 0 Å². The molecule has 1 saturated carbocycles. The van der Waals surface area contributed by atoms with Crippen molar-refractivity contribution in [3.63, 3.8) is 0 Å². The van der Waals surface area contributed by atoms with Crippen molar-refractivity contribution in [2.75, 3.05) is 0 Å². The van der Waals surface area contributed by atoms with Crippen LogP contribution in [-0.4, -0.2) is 0 Å². The van der Waals surface area contributed by atoms with E-state index in [-0.39, 0.29) is 0 Å². The van der Waals surface area contributed by atoms with Gasteiger partial charge in [-0.1, -0.05) is 0 Å². The highest BCUT2D eigenvalue weighted by molar-refractivity contribution is 9.10. The molecule has 1 aliphatic rings. The smallest absolute Gasteiger partial charge is 0.0285 e. The van der Waals surface area contributed by atoms with Crippen LogP contribution in [0.2, 0.25) is 0 Å². The summed E-state index contributed by atoms with van der Waals surface area (Å²) in [5.74, 6) is 0.793. The van der Waals surface area contributed by atoms with Gasteiger partial charge in [-0.3, -0.25) is 0 Å². The summed E-state index contributed by atoms with van der Waals surface area (Å²) >= 11 is 5.27. The van der Waals surface area contributed by atoms with Crippen molar-refractivity contribution in [2.45, 2.75) is 12.3 Å². The second-order valence-corrected chi connectivity index (χ2v) is 4.10. The Bertz CT molecular complexity index is 212. The second-order valence-electron chi connectivity index (χ2n) is 2.25. The lowest BCUT2D eigenvalue weighted by Gasteiger charge is -1.82. The van der Waals surface area contributed by atoms with E-state index in [1.165, 1.54) is 15.8 Å². The molecule has 1 aliphatic carbocycles. The minimum absolute atomic E-state index is 0.793. The summed E-state index contributed by atoms with van der Waals surface area (Å²) in [6.07, 6.45) is 3.62. The summed E-state index contributed by atoms with van der Waals surface area (Å²) in [6, 6.07) is 2.21. The molecule has 2 rings (SSSR count). The van der Waals surface area contributed by atoms with E-state index in [0.29, 0.717) is 0 Å². The lowest BCUT2D eigenvalue weighted by molar-refractivity contribution is 1.21. The van der Waals surface area contributed by atoms with Gasteiger partial charge in [0.1, 0.15) is 0 Å². The van der Waals surface area contributed by atoms with Crippen LogP contribution < -0.4 is 0 Å². The molecular formula is C7H6BrS. The summed E-state index contributed by atoms with van der Waals surface area (Å²) in [6.45, 7) is 0. The van der Waals surface area contributed by atoms with Crippen LogP contribution in [0.1, 0.15) is 17.2 Å². The fourth-order valence-corrected chi connectivity index (χ4v) is 2.38. The molecule has 0 bridgehead atoms. The van der Waals surface area contributed by atoms with Crippen molar-refractivity contribution in [1.29, 1.82) is 0 Å². The van der Waals surface area contributed by atoms with Gasteiger partial charge < -0.3 is 0 Å². The van der Waals surface area contributed by atoms with E-state index in [9.17, 15) is 0 Å². The Morgan fingerprint density at radius 2 is 2.44 bits per heavy atom. The largest absolute Gasteiger partial charge is 0.147 e. The van der Waals surface area contributed by atoms with E-state index in [2.05, 4.69) is 33.8 Å². The molecule has 1 unspecified atom stereocenters. The molecule has 0 aromatic carbocycles. The highest BCUT2D eigenvalue weighted by atomic mass is 79.9. The van der Waals surface area contributed by atoms with Gasteiger partial charge in [-0.25, -0.2) is 0 Å². The molecule has 0 amide bonds. The molecule has 1 radical (unpaired) electrons. The van der Waals surface area contributed by atoms with Gasteiger partial charge in [0.25, 0.3) is 0 Å². The summed E-state index contributed by atoms with van der Waals surface area (Å²) in [4.78, 5) is 1.50. The van der Waals surface area contributed by atoms with E-state index in [1.807, 2.05) is 11.3 Å². The number of thiophene rings is 1. The zero-order valence-electron chi connectivity index (χ0n) is 4.80. The van der Waals surface area contributed by atoms with E-state index in [1.54, 1.807) is 0 Å². The molecule has 0 aliphatic heterocycles. The molecule has 0 spiro atoms. The maximum atomic E-state index is 3.42. The van der Waals surface area contributed by atoms with Crippen molar-refractivity contribution in [1.82, 2.24) is 0 Å². The fraction of sp³-hybridized carbons (Fsp3) is 0.286. The summed E-state index contributed by atoms with van der Waals surface area (Å²) in [5, 5.41) is 2.14. The maximum absolute atomic E-state index is 3.42. The first kappa shape index (κ1) is 5.93. The molecule has 47 valence electrons. The number of hydrogen-bond donors (Lipinski definition) is 0.